The summed E-state index contributed by atoms with van der Waals surface area (Å²) in [5.41, 5.74) is 2.66. The molecule has 1 aromatic carbocycles. The van der Waals surface area contributed by atoms with E-state index in [1.165, 1.54) is 0 Å². The highest BCUT2D eigenvalue weighted by Crippen LogP contribution is 2.19. The Bertz CT molecular complexity index is 829. The molecule has 0 radical (unpaired) electrons. The molecule has 0 aliphatic rings. The van der Waals surface area contributed by atoms with Crippen molar-refractivity contribution in [3.05, 3.63) is 66.2 Å². The minimum atomic E-state index is 0.0231. The van der Waals surface area contributed by atoms with E-state index in [0.29, 0.717) is 25.1 Å². The Balaban J connectivity index is 1.54. The van der Waals surface area contributed by atoms with Crippen LogP contribution in [-0.4, -0.2) is 33.1 Å². The minimum absolute atomic E-state index is 0.0231. The van der Waals surface area contributed by atoms with Crippen LogP contribution in [0.15, 0.2) is 59.4 Å². The first-order valence-electron chi connectivity index (χ1n) is 7.99. The van der Waals surface area contributed by atoms with Crippen molar-refractivity contribution in [2.75, 3.05) is 7.05 Å². The Kier molecular flexibility index (Phi) is 5.09. The van der Waals surface area contributed by atoms with Gasteiger partial charge < -0.3 is 14.5 Å². The molecule has 128 valence electrons. The molecule has 6 nitrogen and oxygen atoms in total. The highest BCUT2D eigenvalue weighted by molar-refractivity contribution is 5.76. The number of phenols is 1. The molecule has 3 aromatic rings. The van der Waals surface area contributed by atoms with Gasteiger partial charge in [0, 0.05) is 37.5 Å². The minimum Gasteiger partial charge on any atom is -0.508 e. The number of benzene rings is 1. The van der Waals surface area contributed by atoms with Gasteiger partial charge in [0.05, 0.1) is 6.54 Å². The van der Waals surface area contributed by atoms with Crippen LogP contribution in [0.2, 0.25) is 0 Å². The SMILES string of the molecule is CN(Cc1cc(-c2ccncc2)no1)C(=O)CCc1ccc(O)cc1. The lowest BCUT2D eigenvalue weighted by atomic mass is 10.1. The standard InChI is InChI=1S/C19H19N3O3/c1-22(19(24)7-4-14-2-5-16(23)6-3-14)13-17-12-18(21-25-17)15-8-10-20-11-9-15/h2-3,5-6,8-12,23H,4,7,13H2,1H3. The van der Waals surface area contributed by atoms with Crippen molar-refractivity contribution in [2.24, 2.45) is 0 Å². The molecule has 25 heavy (non-hydrogen) atoms. The van der Waals surface area contributed by atoms with Gasteiger partial charge in [-0.3, -0.25) is 9.78 Å². The van der Waals surface area contributed by atoms with Crippen molar-refractivity contribution in [1.82, 2.24) is 15.0 Å². The lowest BCUT2D eigenvalue weighted by Crippen LogP contribution is -2.26. The van der Waals surface area contributed by atoms with Crippen molar-refractivity contribution in [1.29, 1.82) is 0 Å². The maximum atomic E-state index is 12.3. The van der Waals surface area contributed by atoms with Gasteiger partial charge >= 0.3 is 0 Å². The number of phenolic OH excluding ortho intramolecular Hbond substituents is 1. The Morgan fingerprint density at radius 1 is 1.16 bits per heavy atom. The molecule has 0 atom stereocenters. The monoisotopic (exact) mass is 337 g/mol. The van der Waals surface area contributed by atoms with Gasteiger partial charge in [-0.25, -0.2) is 0 Å². The molecule has 2 heterocycles. The van der Waals surface area contributed by atoms with Crippen LogP contribution < -0.4 is 0 Å². The molecule has 3 rings (SSSR count). The molecular weight excluding hydrogens is 318 g/mol. The fourth-order valence-electron chi connectivity index (χ4n) is 2.47. The Hall–Kier alpha value is -3.15. The molecule has 6 heteroatoms. The fraction of sp³-hybridized carbons (Fsp3) is 0.211. The average Bonchev–Trinajstić information content (AvgIpc) is 3.10. The molecule has 0 aliphatic heterocycles. The number of aromatic hydroxyl groups is 1. The Labute approximate surface area is 145 Å². The summed E-state index contributed by atoms with van der Waals surface area (Å²) >= 11 is 0. The summed E-state index contributed by atoms with van der Waals surface area (Å²) in [7, 11) is 1.74. The summed E-state index contributed by atoms with van der Waals surface area (Å²) in [6, 6.07) is 12.4. The highest BCUT2D eigenvalue weighted by atomic mass is 16.5. The third-order valence-electron chi connectivity index (χ3n) is 3.92. The quantitative estimate of drug-likeness (QED) is 0.748. The Morgan fingerprint density at radius 3 is 2.60 bits per heavy atom. The molecule has 0 saturated carbocycles. The van der Waals surface area contributed by atoms with E-state index in [1.807, 2.05) is 30.3 Å². The first-order chi connectivity index (χ1) is 12.1. The predicted octanol–water partition coefficient (Wildman–Crippen LogP) is 3.03. The summed E-state index contributed by atoms with van der Waals surface area (Å²) < 4.78 is 5.32. The molecule has 0 saturated heterocycles. The number of aromatic nitrogens is 2. The smallest absolute Gasteiger partial charge is 0.223 e. The molecule has 0 bridgehead atoms. The van der Waals surface area contributed by atoms with Crippen LogP contribution in [0.25, 0.3) is 11.3 Å². The highest BCUT2D eigenvalue weighted by Gasteiger charge is 2.13. The molecule has 0 fully saturated rings. The van der Waals surface area contributed by atoms with Gasteiger partial charge in [-0.05, 0) is 36.2 Å². The molecule has 0 aliphatic carbocycles. The van der Waals surface area contributed by atoms with Gasteiger partial charge in [0.2, 0.25) is 5.91 Å². The molecule has 2 aromatic heterocycles. The second-order valence-corrected chi connectivity index (χ2v) is 5.83. The van der Waals surface area contributed by atoms with Crippen LogP contribution in [0.1, 0.15) is 17.7 Å². The van der Waals surface area contributed by atoms with Crippen molar-refractivity contribution in [3.8, 4) is 17.0 Å². The van der Waals surface area contributed by atoms with E-state index >= 15 is 0 Å². The number of hydrogen-bond donors (Lipinski definition) is 1. The first kappa shape index (κ1) is 16.7. The predicted molar refractivity (Wildman–Crippen MR) is 92.6 cm³/mol. The lowest BCUT2D eigenvalue weighted by Gasteiger charge is -2.15. The number of aryl methyl sites for hydroxylation is 1. The van der Waals surface area contributed by atoms with E-state index in [1.54, 1.807) is 36.5 Å². The number of carbonyl (C=O) groups excluding carboxylic acids is 1. The molecular formula is C19H19N3O3. The van der Waals surface area contributed by atoms with Crippen LogP contribution in [0.3, 0.4) is 0 Å². The van der Waals surface area contributed by atoms with Gasteiger partial charge in [0.25, 0.3) is 0 Å². The van der Waals surface area contributed by atoms with Gasteiger partial charge in [0.1, 0.15) is 11.4 Å². The third kappa shape index (κ3) is 4.44. The Morgan fingerprint density at radius 2 is 1.88 bits per heavy atom. The summed E-state index contributed by atoms with van der Waals surface area (Å²) in [6.45, 7) is 0.368. The topological polar surface area (TPSA) is 79.5 Å². The summed E-state index contributed by atoms with van der Waals surface area (Å²) in [6.07, 6.45) is 4.42. The van der Waals surface area contributed by atoms with Crippen molar-refractivity contribution >= 4 is 5.91 Å². The van der Waals surface area contributed by atoms with Gasteiger partial charge in [0.15, 0.2) is 5.76 Å². The van der Waals surface area contributed by atoms with E-state index in [4.69, 9.17) is 4.52 Å². The molecule has 0 spiro atoms. The largest absolute Gasteiger partial charge is 0.508 e. The summed E-state index contributed by atoms with van der Waals surface area (Å²) in [5.74, 6) is 0.879. The fourth-order valence-corrected chi connectivity index (χ4v) is 2.47. The van der Waals surface area contributed by atoms with Gasteiger partial charge in [-0.1, -0.05) is 17.3 Å². The molecule has 1 N–H and O–H groups in total. The zero-order chi connectivity index (χ0) is 17.6. The second kappa shape index (κ2) is 7.61. The molecule has 1 amide bonds. The van der Waals surface area contributed by atoms with Crippen LogP contribution in [-0.2, 0) is 17.8 Å². The van der Waals surface area contributed by atoms with Crippen LogP contribution in [0.5, 0.6) is 5.75 Å². The van der Waals surface area contributed by atoms with Crippen molar-refractivity contribution < 1.29 is 14.4 Å². The third-order valence-corrected chi connectivity index (χ3v) is 3.92. The number of nitrogens with zero attached hydrogens (tertiary/aromatic N) is 3. The zero-order valence-corrected chi connectivity index (χ0v) is 13.9. The number of rotatable bonds is 6. The zero-order valence-electron chi connectivity index (χ0n) is 13.9. The van der Waals surface area contributed by atoms with Crippen molar-refractivity contribution in [2.45, 2.75) is 19.4 Å². The van der Waals surface area contributed by atoms with Crippen LogP contribution in [0.4, 0.5) is 0 Å². The maximum absolute atomic E-state index is 12.3. The summed E-state index contributed by atoms with van der Waals surface area (Å²) in [4.78, 5) is 17.9. The number of carbonyl (C=O) groups is 1. The van der Waals surface area contributed by atoms with E-state index in [9.17, 15) is 9.90 Å². The van der Waals surface area contributed by atoms with Gasteiger partial charge in [-0.2, -0.15) is 0 Å². The average molecular weight is 337 g/mol. The van der Waals surface area contributed by atoms with Crippen LogP contribution >= 0.6 is 0 Å². The van der Waals surface area contributed by atoms with Gasteiger partial charge in [-0.15, -0.1) is 0 Å². The number of amides is 1. The summed E-state index contributed by atoms with van der Waals surface area (Å²) in [5, 5.41) is 13.3. The molecule has 0 unspecified atom stereocenters. The normalized spacial score (nSPS) is 10.6. The maximum Gasteiger partial charge on any atom is 0.223 e. The first-order valence-corrected chi connectivity index (χ1v) is 7.99. The second-order valence-electron chi connectivity index (χ2n) is 5.83. The lowest BCUT2D eigenvalue weighted by molar-refractivity contribution is -0.130. The van der Waals surface area contributed by atoms with Crippen LogP contribution in [0, 0.1) is 0 Å². The van der Waals surface area contributed by atoms with Crippen molar-refractivity contribution in [3.63, 3.8) is 0 Å². The van der Waals surface area contributed by atoms with E-state index in [2.05, 4.69) is 10.1 Å². The van der Waals surface area contributed by atoms with E-state index in [0.717, 1.165) is 16.8 Å². The number of hydrogen-bond acceptors (Lipinski definition) is 5. The number of pyridine rings is 1. The van der Waals surface area contributed by atoms with E-state index in [-0.39, 0.29) is 11.7 Å². The van der Waals surface area contributed by atoms with E-state index < -0.39 is 0 Å².